The van der Waals surface area contributed by atoms with Gasteiger partial charge in [-0.05, 0) is 13.3 Å². The summed E-state index contributed by atoms with van der Waals surface area (Å²) in [5.41, 5.74) is 0.617. The number of ether oxygens (including phenoxy) is 1. The van der Waals surface area contributed by atoms with Gasteiger partial charge in [0, 0.05) is 18.3 Å². The van der Waals surface area contributed by atoms with E-state index in [-0.39, 0.29) is 12.4 Å². The van der Waals surface area contributed by atoms with E-state index in [9.17, 15) is 18.0 Å². The minimum absolute atomic E-state index is 0.185. The maximum absolute atomic E-state index is 12.5. The number of hydrogen-bond acceptors (Lipinski definition) is 5. The Labute approximate surface area is 125 Å². The minimum atomic E-state index is -4.26. The van der Waals surface area contributed by atoms with Crippen LogP contribution in [0.1, 0.15) is 32.4 Å². The van der Waals surface area contributed by atoms with Gasteiger partial charge in [-0.1, -0.05) is 6.92 Å². The van der Waals surface area contributed by atoms with E-state index in [1.165, 1.54) is 16.2 Å². The van der Waals surface area contributed by atoms with Crippen LogP contribution < -0.4 is 4.90 Å². The van der Waals surface area contributed by atoms with E-state index >= 15 is 0 Å². The van der Waals surface area contributed by atoms with Gasteiger partial charge in [-0.2, -0.15) is 13.2 Å². The summed E-state index contributed by atoms with van der Waals surface area (Å²) in [6.45, 7) is 3.14. The van der Waals surface area contributed by atoms with E-state index in [1.54, 1.807) is 12.3 Å². The van der Waals surface area contributed by atoms with Crippen LogP contribution in [0.2, 0.25) is 0 Å². The topological polar surface area (TPSA) is 42.4 Å². The van der Waals surface area contributed by atoms with Crippen LogP contribution in [-0.4, -0.2) is 36.8 Å². The third-order valence-corrected chi connectivity index (χ3v) is 3.51. The van der Waals surface area contributed by atoms with E-state index in [0.717, 1.165) is 0 Å². The van der Waals surface area contributed by atoms with Crippen LogP contribution in [0.15, 0.2) is 5.38 Å². The highest BCUT2D eigenvalue weighted by Crippen LogP contribution is 2.26. The van der Waals surface area contributed by atoms with Gasteiger partial charge >= 0.3 is 12.1 Å². The van der Waals surface area contributed by atoms with E-state index in [4.69, 9.17) is 4.74 Å². The summed E-state index contributed by atoms with van der Waals surface area (Å²) in [5.74, 6) is -0.326. The maximum Gasteiger partial charge on any atom is 0.406 e. The molecule has 0 saturated heterocycles. The van der Waals surface area contributed by atoms with Crippen LogP contribution in [0.4, 0.5) is 18.3 Å². The fourth-order valence-corrected chi connectivity index (χ4v) is 2.64. The lowest BCUT2D eigenvalue weighted by Crippen LogP contribution is -2.34. The molecular weight excluding hydrogens is 305 g/mol. The molecule has 120 valence electrons. The lowest BCUT2D eigenvalue weighted by atomic mass is 10.2. The Bertz CT molecular complexity index is 449. The van der Waals surface area contributed by atoms with E-state index in [0.29, 0.717) is 36.8 Å². The zero-order chi connectivity index (χ0) is 15.9. The molecule has 0 N–H and O–H groups in total. The minimum Gasteiger partial charge on any atom is -0.466 e. The van der Waals surface area contributed by atoms with E-state index < -0.39 is 12.7 Å². The number of alkyl halides is 3. The molecule has 1 aromatic heterocycles. The van der Waals surface area contributed by atoms with Crippen molar-refractivity contribution < 1.29 is 22.7 Å². The zero-order valence-electron chi connectivity index (χ0n) is 12.1. The van der Waals surface area contributed by atoms with Gasteiger partial charge in [0.15, 0.2) is 5.13 Å². The standard InChI is InChI=1S/C13H19F3N2O2S/c1-3-7-18(9-13(14,15)16)12-17-10(8-21-12)5-6-11(19)20-4-2/h8H,3-7,9H2,1-2H3. The molecule has 0 unspecified atom stereocenters. The molecule has 0 spiro atoms. The van der Waals surface area contributed by atoms with Gasteiger partial charge in [0.05, 0.1) is 18.7 Å². The quantitative estimate of drug-likeness (QED) is 0.687. The lowest BCUT2D eigenvalue weighted by molar-refractivity contribution is -0.143. The first-order chi connectivity index (χ1) is 9.85. The molecule has 0 radical (unpaired) electrons. The van der Waals surface area contributed by atoms with E-state index in [2.05, 4.69) is 4.98 Å². The highest BCUT2D eigenvalue weighted by molar-refractivity contribution is 7.13. The van der Waals surface area contributed by atoms with Crippen molar-refractivity contribution in [1.29, 1.82) is 0 Å². The molecule has 0 aliphatic carbocycles. The smallest absolute Gasteiger partial charge is 0.406 e. The SMILES string of the molecule is CCCN(CC(F)(F)F)c1nc(CCC(=O)OCC)cs1. The number of esters is 1. The molecule has 0 bridgehead atoms. The molecule has 0 atom stereocenters. The molecule has 1 heterocycles. The summed E-state index contributed by atoms with van der Waals surface area (Å²) in [4.78, 5) is 16.6. The molecule has 0 aliphatic heterocycles. The number of halogens is 3. The Morgan fingerprint density at radius 3 is 2.71 bits per heavy atom. The van der Waals surface area contributed by atoms with Crippen molar-refractivity contribution in [3.63, 3.8) is 0 Å². The van der Waals surface area contributed by atoms with Gasteiger partial charge in [-0.25, -0.2) is 4.98 Å². The summed E-state index contributed by atoms with van der Waals surface area (Å²) >= 11 is 1.17. The molecule has 0 amide bonds. The van der Waals surface area contributed by atoms with Gasteiger partial charge in [-0.3, -0.25) is 4.79 Å². The van der Waals surface area contributed by atoms with Crippen molar-refractivity contribution in [3.05, 3.63) is 11.1 Å². The van der Waals surface area contributed by atoms with E-state index in [1.807, 2.05) is 6.92 Å². The Morgan fingerprint density at radius 1 is 1.43 bits per heavy atom. The molecule has 21 heavy (non-hydrogen) atoms. The third-order valence-electron chi connectivity index (χ3n) is 2.56. The molecule has 8 heteroatoms. The molecule has 1 rings (SSSR count). The Balaban J connectivity index is 2.63. The van der Waals surface area contributed by atoms with Crippen LogP contribution in [0, 0.1) is 0 Å². The molecule has 1 aromatic rings. The van der Waals surface area contributed by atoms with Crippen LogP contribution >= 0.6 is 11.3 Å². The van der Waals surface area contributed by atoms with Crippen molar-refractivity contribution in [2.45, 2.75) is 39.3 Å². The molecular formula is C13H19F3N2O2S. The highest BCUT2D eigenvalue weighted by atomic mass is 32.1. The summed E-state index contributed by atoms with van der Waals surface area (Å²) < 4.78 is 42.4. The summed E-state index contributed by atoms with van der Waals surface area (Å²) in [7, 11) is 0. The maximum atomic E-state index is 12.5. The van der Waals surface area contributed by atoms with Crippen LogP contribution in [0.5, 0.6) is 0 Å². The van der Waals surface area contributed by atoms with Gasteiger partial charge < -0.3 is 9.64 Å². The Hall–Kier alpha value is -1.31. The first-order valence-corrected chi connectivity index (χ1v) is 7.65. The number of thiazole rings is 1. The highest BCUT2D eigenvalue weighted by Gasteiger charge is 2.31. The number of aromatic nitrogens is 1. The molecule has 4 nitrogen and oxygen atoms in total. The van der Waals surface area contributed by atoms with Gasteiger partial charge in [0.2, 0.25) is 0 Å². The number of rotatable bonds is 8. The van der Waals surface area contributed by atoms with Crippen LogP contribution in [-0.2, 0) is 16.0 Å². The first-order valence-electron chi connectivity index (χ1n) is 6.77. The predicted octanol–water partition coefficient (Wildman–Crippen LogP) is 3.42. The lowest BCUT2D eigenvalue weighted by Gasteiger charge is -2.22. The average Bonchev–Trinajstić information content (AvgIpc) is 2.83. The van der Waals surface area contributed by atoms with Gasteiger partial charge in [0.1, 0.15) is 6.54 Å². The van der Waals surface area contributed by atoms with Crippen molar-refractivity contribution in [3.8, 4) is 0 Å². The van der Waals surface area contributed by atoms with Crippen molar-refractivity contribution in [1.82, 2.24) is 4.98 Å². The number of hydrogen-bond donors (Lipinski definition) is 0. The molecule has 0 saturated carbocycles. The van der Waals surface area contributed by atoms with Crippen molar-refractivity contribution in [2.24, 2.45) is 0 Å². The normalized spacial score (nSPS) is 11.5. The molecule has 0 aromatic carbocycles. The molecule has 0 fully saturated rings. The number of aryl methyl sites for hydroxylation is 1. The second kappa shape index (κ2) is 8.21. The Kier molecular flexibility index (Phi) is 6.94. The summed E-state index contributed by atoms with van der Waals surface area (Å²) in [6, 6.07) is 0. The van der Waals surface area contributed by atoms with Gasteiger partial charge in [-0.15, -0.1) is 11.3 Å². The number of carbonyl (C=O) groups excluding carboxylic acids is 1. The fraction of sp³-hybridized carbons (Fsp3) is 0.692. The largest absolute Gasteiger partial charge is 0.466 e. The number of carbonyl (C=O) groups is 1. The summed E-state index contributed by atoms with van der Waals surface area (Å²) in [5, 5.41) is 2.03. The number of nitrogens with zero attached hydrogens (tertiary/aromatic N) is 2. The summed E-state index contributed by atoms with van der Waals surface area (Å²) in [6.07, 6.45) is -3.09. The monoisotopic (exact) mass is 324 g/mol. The second-order valence-electron chi connectivity index (χ2n) is 4.46. The Morgan fingerprint density at radius 2 is 2.14 bits per heavy atom. The predicted molar refractivity (Wildman–Crippen MR) is 75.6 cm³/mol. The van der Waals surface area contributed by atoms with Crippen LogP contribution in [0.3, 0.4) is 0 Å². The second-order valence-corrected chi connectivity index (χ2v) is 5.30. The van der Waals surface area contributed by atoms with Crippen molar-refractivity contribution in [2.75, 3.05) is 24.6 Å². The number of anilines is 1. The average molecular weight is 324 g/mol. The third kappa shape index (κ3) is 6.79. The zero-order valence-corrected chi connectivity index (χ0v) is 12.9. The fourth-order valence-electron chi connectivity index (χ4n) is 1.75. The molecule has 0 aliphatic rings. The van der Waals surface area contributed by atoms with Crippen molar-refractivity contribution >= 4 is 22.4 Å². The van der Waals surface area contributed by atoms with Gasteiger partial charge in [0.25, 0.3) is 0 Å². The first kappa shape index (κ1) is 17.7. The van der Waals surface area contributed by atoms with Crippen LogP contribution in [0.25, 0.3) is 0 Å².